The Morgan fingerprint density at radius 1 is 1.35 bits per heavy atom. The minimum Gasteiger partial charge on any atom is -0.396 e. The van der Waals surface area contributed by atoms with E-state index in [1.54, 1.807) is 0 Å². The number of nitrogen functional groups attached to an aromatic ring is 1. The van der Waals surface area contributed by atoms with Crippen LogP contribution in [0, 0.1) is 18.8 Å². The van der Waals surface area contributed by atoms with Gasteiger partial charge in [0, 0.05) is 18.8 Å². The summed E-state index contributed by atoms with van der Waals surface area (Å²) in [5, 5.41) is 0. The van der Waals surface area contributed by atoms with E-state index >= 15 is 0 Å². The summed E-state index contributed by atoms with van der Waals surface area (Å²) in [7, 11) is 0. The Hall–Kier alpha value is -1.25. The molecule has 0 spiro atoms. The molecule has 0 aliphatic carbocycles. The van der Waals surface area contributed by atoms with Crippen LogP contribution in [-0.4, -0.2) is 17.6 Å². The Bertz CT molecular complexity index is 402. The lowest BCUT2D eigenvalue weighted by molar-refractivity contribution is 0.295. The molecule has 0 amide bonds. The summed E-state index contributed by atoms with van der Waals surface area (Å²) in [6.45, 7) is 9.98. The van der Waals surface area contributed by atoms with Crippen LogP contribution in [0.1, 0.15) is 32.8 Å². The molecule has 94 valence electrons. The lowest BCUT2D eigenvalue weighted by Crippen LogP contribution is -2.46. The molecule has 2 rings (SSSR count). The van der Waals surface area contributed by atoms with Gasteiger partial charge in [0.25, 0.3) is 0 Å². The number of hydrogen-bond donors (Lipinski definition) is 1. The van der Waals surface area contributed by atoms with E-state index in [-0.39, 0.29) is 0 Å². The van der Waals surface area contributed by atoms with Crippen molar-refractivity contribution in [1.29, 1.82) is 0 Å². The average Bonchev–Trinajstić information content (AvgIpc) is 2.24. The standard InChI is InChI=1S/C14H23N3/c1-9-6-13(15)14(16-7-9)17-8-10(2)5-11(3)12(17)4/h6-7,10-12H,5,8,15H2,1-4H3. The second-order valence-electron chi connectivity index (χ2n) is 5.64. The van der Waals surface area contributed by atoms with Crippen LogP contribution in [-0.2, 0) is 0 Å². The normalized spacial score (nSPS) is 29.4. The fourth-order valence-electron chi connectivity index (χ4n) is 2.82. The summed E-state index contributed by atoms with van der Waals surface area (Å²) in [4.78, 5) is 6.89. The van der Waals surface area contributed by atoms with Gasteiger partial charge in [-0.15, -0.1) is 0 Å². The van der Waals surface area contributed by atoms with Crippen molar-refractivity contribution in [3.8, 4) is 0 Å². The van der Waals surface area contributed by atoms with Crippen LogP contribution in [0.5, 0.6) is 0 Å². The molecular weight excluding hydrogens is 210 g/mol. The van der Waals surface area contributed by atoms with E-state index in [9.17, 15) is 0 Å². The molecule has 3 unspecified atom stereocenters. The van der Waals surface area contributed by atoms with Crippen molar-refractivity contribution in [2.75, 3.05) is 17.2 Å². The van der Waals surface area contributed by atoms with E-state index in [0.717, 1.165) is 23.6 Å². The molecule has 2 N–H and O–H groups in total. The Morgan fingerprint density at radius 3 is 2.71 bits per heavy atom. The Morgan fingerprint density at radius 2 is 2.06 bits per heavy atom. The number of aryl methyl sites for hydroxylation is 1. The van der Waals surface area contributed by atoms with E-state index in [1.165, 1.54) is 6.42 Å². The zero-order chi connectivity index (χ0) is 12.6. The highest BCUT2D eigenvalue weighted by atomic mass is 15.2. The summed E-state index contributed by atoms with van der Waals surface area (Å²) < 4.78 is 0. The number of rotatable bonds is 1. The van der Waals surface area contributed by atoms with Gasteiger partial charge in [0.15, 0.2) is 5.82 Å². The van der Waals surface area contributed by atoms with Gasteiger partial charge in [0.1, 0.15) is 0 Å². The largest absolute Gasteiger partial charge is 0.396 e. The molecule has 1 fully saturated rings. The maximum Gasteiger partial charge on any atom is 0.152 e. The topological polar surface area (TPSA) is 42.2 Å². The van der Waals surface area contributed by atoms with Crippen molar-refractivity contribution < 1.29 is 0 Å². The zero-order valence-corrected chi connectivity index (χ0v) is 11.3. The van der Waals surface area contributed by atoms with Gasteiger partial charge in [-0.3, -0.25) is 0 Å². The first kappa shape index (κ1) is 12.2. The minimum atomic E-state index is 0.517. The predicted octanol–water partition coefficient (Wildman–Crippen LogP) is 2.84. The Labute approximate surface area is 104 Å². The molecule has 1 aliphatic heterocycles. The molecule has 1 saturated heterocycles. The lowest BCUT2D eigenvalue weighted by atomic mass is 9.86. The Balaban J connectivity index is 2.31. The third-order valence-corrected chi connectivity index (χ3v) is 3.90. The molecule has 1 aromatic rings. The summed E-state index contributed by atoms with van der Waals surface area (Å²) in [5.74, 6) is 2.37. The van der Waals surface area contributed by atoms with E-state index in [4.69, 9.17) is 5.73 Å². The van der Waals surface area contributed by atoms with Gasteiger partial charge in [-0.25, -0.2) is 4.98 Å². The third kappa shape index (κ3) is 2.38. The molecular formula is C14H23N3. The molecule has 0 aromatic carbocycles. The molecule has 17 heavy (non-hydrogen) atoms. The fourth-order valence-corrected chi connectivity index (χ4v) is 2.82. The van der Waals surface area contributed by atoms with Crippen LogP contribution in [0.15, 0.2) is 12.3 Å². The van der Waals surface area contributed by atoms with Gasteiger partial charge in [0.05, 0.1) is 5.69 Å². The predicted molar refractivity (Wildman–Crippen MR) is 73.1 cm³/mol. The molecule has 3 heteroatoms. The first-order valence-corrected chi connectivity index (χ1v) is 6.47. The smallest absolute Gasteiger partial charge is 0.152 e. The first-order chi connectivity index (χ1) is 7.99. The van der Waals surface area contributed by atoms with Gasteiger partial charge in [0.2, 0.25) is 0 Å². The minimum absolute atomic E-state index is 0.517. The number of nitrogens with zero attached hydrogens (tertiary/aromatic N) is 2. The maximum atomic E-state index is 6.10. The molecule has 3 atom stereocenters. The van der Waals surface area contributed by atoms with E-state index in [0.29, 0.717) is 17.9 Å². The monoisotopic (exact) mass is 233 g/mol. The van der Waals surface area contributed by atoms with Crippen molar-refractivity contribution in [3.63, 3.8) is 0 Å². The molecule has 0 bridgehead atoms. The third-order valence-electron chi connectivity index (χ3n) is 3.90. The first-order valence-electron chi connectivity index (χ1n) is 6.47. The lowest BCUT2D eigenvalue weighted by Gasteiger charge is -2.42. The molecule has 2 heterocycles. The number of aromatic nitrogens is 1. The summed E-state index contributed by atoms with van der Waals surface area (Å²) in [5.41, 5.74) is 8.03. The number of hydrogen-bond acceptors (Lipinski definition) is 3. The van der Waals surface area contributed by atoms with Crippen LogP contribution in [0.3, 0.4) is 0 Å². The quantitative estimate of drug-likeness (QED) is 0.811. The van der Waals surface area contributed by atoms with E-state index < -0.39 is 0 Å². The van der Waals surface area contributed by atoms with Gasteiger partial charge >= 0.3 is 0 Å². The molecule has 0 radical (unpaired) electrons. The SMILES string of the molecule is Cc1cnc(N2CC(C)CC(C)C2C)c(N)c1. The Kier molecular flexibility index (Phi) is 3.27. The fraction of sp³-hybridized carbons (Fsp3) is 0.643. The maximum absolute atomic E-state index is 6.10. The number of piperidine rings is 1. The molecule has 3 nitrogen and oxygen atoms in total. The molecule has 1 aromatic heterocycles. The van der Waals surface area contributed by atoms with Crippen LogP contribution in [0.4, 0.5) is 11.5 Å². The zero-order valence-electron chi connectivity index (χ0n) is 11.3. The highest BCUT2D eigenvalue weighted by Gasteiger charge is 2.30. The van der Waals surface area contributed by atoms with Crippen molar-refractivity contribution in [3.05, 3.63) is 17.8 Å². The van der Waals surface area contributed by atoms with Crippen molar-refractivity contribution in [2.24, 2.45) is 11.8 Å². The van der Waals surface area contributed by atoms with E-state index in [1.807, 2.05) is 19.2 Å². The summed E-state index contributed by atoms with van der Waals surface area (Å²) >= 11 is 0. The van der Waals surface area contributed by atoms with Gasteiger partial charge < -0.3 is 10.6 Å². The van der Waals surface area contributed by atoms with Crippen LogP contribution in [0.2, 0.25) is 0 Å². The van der Waals surface area contributed by atoms with Gasteiger partial charge in [-0.05, 0) is 43.7 Å². The highest BCUT2D eigenvalue weighted by Crippen LogP contribution is 2.32. The highest BCUT2D eigenvalue weighted by molar-refractivity contribution is 5.64. The van der Waals surface area contributed by atoms with Crippen LogP contribution < -0.4 is 10.6 Å². The van der Waals surface area contributed by atoms with Crippen molar-refractivity contribution in [2.45, 2.75) is 40.2 Å². The average molecular weight is 233 g/mol. The molecule has 1 aliphatic rings. The van der Waals surface area contributed by atoms with Crippen molar-refractivity contribution in [1.82, 2.24) is 4.98 Å². The van der Waals surface area contributed by atoms with Crippen LogP contribution >= 0.6 is 0 Å². The second kappa shape index (κ2) is 4.55. The van der Waals surface area contributed by atoms with Crippen LogP contribution in [0.25, 0.3) is 0 Å². The number of anilines is 2. The second-order valence-corrected chi connectivity index (χ2v) is 5.64. The summed E-state index contributed by atoms with van der Waals surface area (Å²) in [6.07, 6.45) is 3.20. The summed E-state index contributed by atoms with van der Waals surface area (Å²) in [6, 6.07) is 2.53. The number of nitrogens with two attached hydrogens (primary N) is 1. The molecule has 0 saturated carbocycles. The van der Waals surface area contributed by atoms with Crippen molar-refractivity contribution >= 4 is 11.5 Å². The van der Waals surface area contributed by atoms with E-state index in [2.05, 4.69) is 30.7 Å². The van der Waals surface area contributed by atoms with Gasteiger partial charge in [-0.2, -0.15) is 0 Å². The number of pyridine rings is 1. The van der Waals surface area contributed by atoms with Gasteiger partial charge in [-0.1, -0.05) is 13.8 Å².